The number of thiocarbonyl (C=S) groups is 1. The molecule has 0 unspecified atom stereocenters. The fourth-order valence-corrected chi connectivity index (χ4v) is 4.71. The minimum Gasteiger partial charge on any atom is -0.356 e. The number of rotatable bonds is 8. The summed E-state index contributed by atoms with van der Waals surface area (Å²) in [5.74, 6) is 0. The van der Waals surface area contributed by atoms with Gasteiger partial charge in [0.05, 0.1) is 10.9 Å². The molecule has 0 bridgehead atoms. The van der Waals surface area contributed by atoms with Crippen LogP contribution in [0.5, 0.6) is 0 Å². The Labute approximate surface area is 174 Å². The van der Waals surface area contributed by atoms with Gasteiger partial charge in [0.2, 0.25) is 10.0 Å². The van der Waals surface area contributed by atoms with Crippen molar-refractivity contribution in [2.75, 3.05) is 18.4 Å². The average molecular weight is 420 g/mol. The molecule has 0 saturated carbocycles. The number of nitrogens with zero attached hydrogens (tertiary/aromatic N) is 1. The summed E-state index contributed by atoms with van der Waals surface area (Å²) in [6.45, 7) is 8.69. The Balaban J connectivity index is 2.04. The maximum Gasteiger partial charge on any atom is 0.243 e. The fourth-order valence-electron chi connectivity index (χ4n) is 2.96. The molecule has 2 rings (SSSR count). The molecule has 1 atom stereocenters. The van der Waals surface area contributed by atoms with E-state index in [0.717, 1.165) is 17.7 Å². The van der Waals surface area contributed by atoms with Gasteiger partial charge in [-0.15, -0.1) is 0 Å². The molecule has 0 aliphatic rings. The second kappa shape index (κ2) is 10.0. The van der Waals surface area contributed by atoms with Gasteiger partial charge < -0.3 is 10.6 Å². The van der Waals surface area contributed by atoms with E-state index < -0.39 is 10.0 Å². The van der Waals surface area contributed by atoms with Gasteiger partial charge in [-0.25, -0.2) is 8.42 Å². The van der Waals surface area contributed by atoms with Crippen LogP contribution in [0.1, 0.15) is 44.9 Å². The smallest absolute Gasteiger partial charge is 0.243 e. The highest BCUT2D eigenvalue weighted by molar-refractivity contribution is 7.89. The summed E-state index contributed by atoms with van der Waals surface area (Å²) < 4.78 is 26.6. The number of nitrogens with one attached hydrogen (secondary N) is 2. The molecule has 0 spiro atoms. The van der Waals surface area contributed by atoms with Crippen LogP contribution in [-0.4, -0.2) is 30.9 Å². The molecule has 0 aliphatic carbocycles. The number of anilines is 1. The van der Waals surface area contributed by atoms with E-state index in [1.807, 2.05) is 45.0 Å². The Morgan fingerprint density at radius 1 is 1.07 bits per heavy atom. The standard InChI is InChI=1S/C21H29N3O2S2/c1-5-17-9-8-10-19(15-17)23-21(27)22-16(4)18-11-13-20(14-12-18)28(25,26)24(6-2)7-3/h8-16H,5-7H2,1-4H3,(H2,22,23,27)/t16-/m0/s1. The quantitative estimate of drug-likeness (QED) is 0.624. The molecule has 0 saturated heterocycles. The second-order valence-corrected chi connectivity index (χ2v) is 8.88. The lowest BCUT2D eigenvalue weighted by Crippen LogP contribution is -2.31. The lowest BCUT2D eigenvalue weighted by atomic mass is 10.1. The van der Waals surface area contributed by atoms with Gasteiger partial charge in [-0.2, -0.15) is 4.31 Å². The van der Waals surface area contributed by atoms with E-state index in [1.165, 1.54) is 9.87 Å². The summed E-state index contributed by atoms with van der Waals surface area (Å²) in [6, 6.07) is 15.0. The highest BCUT2D eigenvalue weighted by Crippen LogP contribution is 2.20. The summed E-state index contributed by atoms with van der Waals surface area (Å²) >= 11 is 5.42. The van der Waals surface area contributed by atoms with Crippen LogP contribution in [0.3, 0.4) is 0 Å². The van der Waals surface area contributed by atoms with E-state index in [1.54, 1.807) is 12.1 Å². The maximum atomic E-state index is 12.6. The molecule has 0 amide bonds. The lowest BCUT2D eigenvalue weighted by molar-refractivity contribution is 0.445. The van der Waals surface area contributed by atoms with E-state index in [-0.39, 0.29) is 6.04 Å². The zero-order chi connectivity index (χ0) is 20.7. The highest BCUT2D eigenvalue weighted by atomic mass is 32.2. The molecule has 0 aliphatic heterocycles. The Morgan fingerprint density at radius 3 is 2.29 bits per heavy atom. The molecule has 2 aromatic rings. The van der Waals surface area contributed by atoms with Crippen LogP contribution >= 0.6 is 12.2 Å². The molecule has 152 valence electrons. The zero-order valence-corrected chi connectivity index (χ0v) is 18.5. The zero-order valence-electron chi connectivity index (χ0n) is 16.9. The topological polar surface area (TPSA) is 61.4 Å². The molecule has 0 heterocycles. The van der Waals surface area contributed by atoms with Crippen molar-refractivity contribution in [3.8, 4) is 0 Å². The normalized spacial score (nSPS) is 12.6. The van der Waals surface area contributed by atoms with E-state index in [2.05, 4.69) is 29.7 Å². The molecule has 5 nitrogen and oxygen atoms in total. The predicted molar refractivity (Wildman–Crippen MR) is 120 cm³/mol. The van der Waals surface area contributed by atoms with E-state index in [0.29, 0.717) is 23.1 Å². The van der Waals surface area contributed by atoms with Crippen molar-refractivity contribution in [2.24, 2.45) is 0 Å². The van der Waals surface area contributed by atoms with Crippen LogP contribution < -0.4 is 10.6 Å². The fraction of sp³-hybridized carbons (Fsp3) is 0.381. The van der Waals surface area contributed by atoms with Gasteiger partial charge in [-0.1, -0.05) is 45.0 Å². The largest absolute Gasteiger partial charge is 0.356 e. The third-order valence-corrected chi connectivity index (χ3v) is 6.95. The predicted octanol–water partition coefficient (Wildman–Crippen LogP) is 4.33. The van der Waals surface area contributed by atoms with Crippen LogP contribution in [-0.2, 0) is 16.4 Å². The van der Waals surface area contributed by atoms with Gasteiger partial charge >= 0.3 is 0 Å². The first-order valence-corrected chi connectivity index (χ1v) is 11.4. The molecule has 0 fully saturated rings. The summed E-state index contributed by atoms with van der Waals surface area (Å²) in [7, 11) is -3.44. The summed E-state index contributed by atoms with van der Waals surface area (Å²) in [6.07, 6.45) is 0.967. The second-order valence-electron chi connectivity index (χ2n) is 6.53. The number of hydrogen-bond acceptors (Lipinski definition) is 3. The molecule has 2 N–H and O–H groups in total. The number of sulfonamides is 1. The molecular formula is C21H29N3O2S2. The van der Waals surface area contributed by atoms with Crippen molar-refractivity contribution in [1.82, 2.24) is 9.62 Å². The van der Waals surface area contributed by atoms with Crippen LogP contribution in [0.15, 0.2) is 53.4 Å². The summed E-state index contributed by atoms with van der Waals surface area (Å²) in [5.41, 5.74) is 3.15. The van der Waals surface area contributed by atoms with Gasteiger partial charge in [0.15, 0.2) is 5.11 Å². The van der Waals surface area contributed by atoms with Crippen molar-refractivity contribution in [1.29, 1.82) is 0 Å². The number of hydrogen-bond donors (Lipinski definition) is 2. The molecule has 2 aromatic carbocycles. The van der Waals surface area contributed by atoms with Crippen molar-refractivity contribution in [3.63, 3.8) is 0 Å². The van der Waals surface area contributed by atoms with Gasteiger partial charge in [0.1, 0.15) is 0 Å². The molecule has 0 radical (unpaired) electrons. The van der Waals surface area contributed by atoms with Crippen molar-refractivity contribution < 1.29 is 8.42 Å². The van der Waals surface area contributed by atoms with Gasteiger partial charge in [0.25, 0.3) is 0 Å². The van der Waals surface area contributed by atoms with Crippen LogP contribution in [0.25, 0.3) is 0 Å². The summed E-state index contributed by atoms with van der Waals surface area (Å²) in [4.78, 5) is 0.309. The monoisotopic (exact) mass is 419 g/mol. The van der Waals surface area contributed by atoms with Crippen molar-refractivity contribution in [2.45, 2.75) is 45.1 Å². The molecule has 0 aromatic heterocycles. The van der Waals surface area contributed by atoms with Gasteiger partial charge in [0, 0.05) is 18.8 Å². The van der Waals surface area contributed by atoms with Crippen LogP contribution in [0.2, 0.25) is 0 Å². The SMILES string of the molecule is CCc1cccc(NC(=S)N[C@@H](C)c2ccc(S(=O)(=O)N(CC)CC)cc2)c1. The Hall–Kier alpha value is -1.96. The first kappa shape index (κ1) is 22.3. The lowest BCUT2D eigenvalue weighted by Gasteiger charge is -2.20. The van der Waals surface area contributed by atoms with Crippen LogP contribution in [0, 0.1) is 0 Å². The minimum atomic E-state index is -3.44. The average Bonchev–Trinajstić information content (AvgIpc) is 2.68. The molecule has 7 heteroatoms. The number of benzene rings is 2. The first-order chi connectivity index (χ1) is 13.3. The Bertz CT molecular complexity index is 892. The molecular weight excluding hydrogens is 390 g/mol. The van der Waals surface area contributed by atoms with E-state index >= 15 is 0 Å². The van der Waals surface area contributed by atoms with Crippen molar-refractivity contribution in [3.05, 3.63) is 59.7 Å². The molecule has 28 heavy (non-hydrogen) atoms. The van der Waals surface area contributed by atoms with Gasteiger partial charge in [-0.05, 0) is 61.0 Å². The maximum absolute atomic E-state index is 12.6. The third kappa shape index (κ3) is 5.53. The third-order valence-electron chi connectivity index (χ3n) is 4.66. The number of aryl methyl sites for hydroxylation is 1. The van der Waals surface area contributed by atoms with E-state index in [9.17, 15) is 8.42 Å². The Morgan fingerprint density at radius 2 is 1.71 bits per heavy atom. The Kier molecular flexibility index (Phi) is 7.98. The van der Waals surface area contributed by atoms with Crippen molar-refractivity contribution >= 4 is 33.0 Å². The summed E-state index contributed by atoms with van der Waals surface area (Å²) in [5, 5.41) is 6.98. The highest BCUT2D eigenvalue weighted by Gasteiger charge is 2.21. The van der Waals surface area contributed by atoms with E-state index in [4.69, 9.17) is 12.2 Å². The van der Waals surface area contributed by atoms with Crippen LogP contribution in [0.4, 0.5) is 5.69 Å². The minimum absolute atomic E-state index is 0.0560. The van der Waals surface area contributed by atoms with Gasteiger partial charge in [-0.3, -0.25) is 0 Å². The first-order valence-electron chi connectivity index (χ1n) is 9.58.